The zero-order valence-corrected chi connectivity index (χ0v) is 21.1. The normalized spacial score (nSPS) is 11.7. The van der Waals surface area contributed by atoms with Crippen LogP contribution in [0.2, 0.25) is 0 Å². The van der Waals surface area contributed by atoms with Crippen LogP contribution in [0, 0.1) is 0 Å². The Morgan fingerprint density at radius 3 is 2.32 bits per heavy atom. The highest BCUT2D eigenvalue weighted by Crippen LogP contribution is 2.43. The van der Waals surface area contributed by atoms with Crippen LogP contribution in [0.15, 0.2) is 122 Å². The van der Waals surface area contributed by atoms with Crippen molar-refractivity contribution < 1.29 is 0 Å². The Morgan fingerprint density at radius 2 is 1.42 bits per heavy atom. The van der Waals surface area contributed by atoms with Crippen molar-refractivity contribution in [1.29, 1.82) is 0 Å². The lowest BCUT2D eigenvalue weighted by Gasteiger charge is -2.10. The van der Waals surface area contributed by atoms with E-state index in [4.69, 9.17) is 9.97 Å². The minimum atomic E-state index is 0.872. The van der Waals surface area contributed by atoms with Gasteiger partial charge in [0, 0.05) is 49.7 Å². The zero-order chi connectivity index (χ0) is 25.1. The molecule has 4 nitrogen and oxygen atoms in total. The maximum absolute atomic E-state index is 5.22. The molecule has 0 unspecified atom stereocenters. The van der Waals surface area contributed by atoms with Crippen LogP contribution in [-0.4, -0.2) is 19.5 Å². The molecule has 0 atom stereocenters. The average molecular weight is 505 g/mol. The van der Waals surface area contributed by atoms with Crippen molar-refractivity contribution in [3.8, 4) is 28.2 Å². The molecular weight excluding hydrogens is 484 g/mol. The number of aromatic nitrogens is 4. The van der Waals surface area contributed by atoms with E-state index in [1.807, 2.05) is 54.2 Å². The van der Waals surface area contributed by atoms with Crippen molar-refractivity contribution in [3.63, 3.8) is 0 Å². The molecule has 0 aliphatic heterocycles. The molecule has 0 saturated carbocycles. The molecule has 8 rings (SSSR count). The number of hydrogen-bond donors (Lipinski definition) is 0. The van der Waals surface area contributed by atoms with Crippen molar-refractivity contribution >= 4 is 53.4 Å². The van der Waals surface area contributed by atoms with E-state index in [0.29, 0.717) is 0 Å². The van der Waals surface area contributed by atoms with Gasteiger partial charge in [-0.15, -0.1) is 11.3 Å². The number of hydrogen-bond acceptors (Lipinski definition) is 4. The van der Waals surface area contributed by atoms with Crippen molar-refractivity contribution in [2.45, 2.75) is 0 Å². The maximum atomic E-state index is 5.22. The molecule has 3 aromatic carbocycles. The maximum Gasteiger partial charge on any atom is 0.138 e. The lowest BCUT2D eigenvalue weighted by atomic mass is 10.1. The standard InChI is InChI=1S/C33H20N4S/c1-2-6-22(7-3-1)26-11-12-27-32(36-26)25-10-13-29-31(24-8-4-5-9-28(24)38-29)33(25)37(27)30-20-23(16-19-35-30)21-14-17-34-18-15-21/h1-20H. The molecule has 0 fully saturated rings. The molecule has 8 aromatic rings. The third kappa shape index (κ3) is 3.19. The van der Waals surface area contributed by atoms with Gasteiger partial charge in [-0.05, 0) is 65.7 Å². The largest absolute Gasteiger partial charge is 0.291 e. The number of nitrogens with zero attached hydrogens (tertiary/aromatic N) is 4. The second-order valence-electron chi connectivity index (χ2n) is 9.34. The first-order valence-electron chi connectivity index (χ1n) is 12.5. The van der Waals surface area contributed by atoms with E-state index in [0.717, 1.165) is 50.1 Å². The number of pyridine rings is 3. The van der Waals surface area contributed by atoms with Crippen LogP contribution in [0.3, 0.4) is 0 Å². The van der Waals surface area contributed by atoms with E-state index < -0.39 is 0 Å². The van der Waals surface area contributed by atoms with Crippen molar-refractivity contribution in [1.82, 2.24) is 19.5 Å². The van der Waals surface area contributed by atoms with E-state index in [-0.39, 0.29) is 0 Å². The Labute approximate surface area is 222 Å². The van der Waals surface area contributed by atoms with Gasteiger partial charge in [0.2, 0.25) is 0 Å². The highest BCUT2D eigenvalue weighted by atomic mass is 32.1. The molecular formula is C33H20N4S. The van der Waals surface area contributed by atoms with Gasteiger partial charge in [-0.1, -0.05) is 48.5 Å². The molecule has 0 saturated heterocycles. The highest BCUT2D eigenvalue weighted by molar-refractivity contribution is 7.26. The molecule has 0 radical (unpaired) electrons. The lowest BCUT2D eigenvalue weighted by Crippen LogP contribution is -1.98. The molecule has 38 heavy (non-hydrogen) atoms. The summed E-state index contributed by atoms with van der Waals surface area (Å²) in [4.78, 5) is 14.3. The van der Waals surface area contributed by atoms with Crippen LogP contribution in [-0.2, 0) is 0 Å². The quantitative estimate of drug-likeness (QED) is 0.242. The molecule has 0 aliphatic carbocycles. The number of fused-ring (bicyclic) bond motifs is 7. The van der Waals surface area contributed by atoms with E-state index >= 15 is 0 Å². The van der Waals surface area contributed by atoms with Crippen LogP contribution in [0.1, 0.15) is 0 Å². The monoisotopic (exact) mass is 504 g/mol. The summed E-state index contributed by atoms with van der Waals surface area (Å²) in [6.07, 6.45) is 5.54. The van der Waals surface area contributed by atoms with E-state index in [9.17, 15) is 0 Å². The Kier molecular flexibility index (Phi) is 4.66. The summed E-state index contributed by atoms with van der Waals surface area (Å²) in [5.74, 6) is 0.872. The molecule has 0 N–H and O–H groups in total. The van der Waals surface area contributed by atoms with E-state index in [1.54, 1.807) is 0 Å². The Bertz CT molecular complexity index is 2130. The second-order valence-corrected chi connectivity index (χ2v) is 10.4. The highest BCUT2D eigenvalue weighted by Gasteiger charge is 2.20. The zero-order valence-electron chi connectivity index (χ0n) is 20.2. The first-order valence-corrected chi connectivity index (χ1v) is 13.3. The van der Waals surface area contributed by atoms with Gasteiger partial charge in [0.15, 0.2) is 0 Å². The fourth-order valence-corrected chi connectivity index (χ4v) is 6.55. The van der Waals surface area contributed by atoms with Gasteiger partial charge in [0.25, 0.3) is 0 Å². The topological polar surface area (TPSA) is 43.6 Å². The Hall–Kier alpha value is -4.87. The predicted molar refractivity (Wildman–Crippen MR) is 158 cm³/mol. The molecule has 5 aromatic heterocycles. The van der Waals surface area contributed by atoms with Crippen LogP contribution in [0.4, 0.5) is 0 Å². The van der Waals surface area contributed by atoms with Crippen LogP contribution in [0.25, 0.3) is 70.3 Å². The van der Waals surface area contributed by atoms with Gasteiger partial charge in [-0.3, -0.25) is 9.55 Å². The smallest absolute Gasteiger partial charge is 0.138 e. The van der Waals surface area contributed by atoms with E-state index in [2.05, 4.69) is 88.4 Å². The van der Waals surface area contributed by atoms with Gasteiger partial charge in [0.1, 0.15) is 5.82 Å². The summed E-state index contributed by atoms with van der Waals surface area (Å²) in [5.41, 5.74) is 7.45. The molecule has 0 spiro atoms. The lowest BCUT2D eigenvalue weighted by molar-refractivity contribution is 1.08. The predicted octanol–water partition coefficient (Wildman–Crippen LogP) is 8.67. The fraction of sp³-hybridized carbons (Fsp3) is 0. The molecule has 0 bridgehead atoms. The van der Waals surface area contributed by atoms with Gasteiger partial charge < -0.3 is 0 Å². The number of rotatable bonds is 3. The van der Waals surface area contributed by atoms with Crippen molar-refractivity contribution in [2.75, 3.05) is 0 Å². The molecule has 0 aliphatic rings. The first kappa shape index (κ1) is 21.2. The summed E-state index contributed by atoms with van der Waals surface area (Å²) in [6, 6.07) is 36.0. The summed E-state index contributed by atoms with van der Waals surface area (Å²) in [5, 5.41) is 3.64. The van der Waals surface area contributed by atoms with E-state index in [1.165, 1.54) is 20.2 Å². The summed E-state index contributed by atoms with van der Waals surface area (Å²) < 4.78 is 4.83. The van der Waals surface area contributed by atoms with Crippen LogP contribution in [0.5, 0.6) is 0 Å². The minimum Gasteiger partial charge on any atom is -0.291 e. The number of thiophene rings is 1. The molecule has 5 heteroatoms. The molecule has 178 valence electrons. The number of benzene rings is 3. The summed E-state index contributed by atoms with van der Waals surface area (Å²) in [7, 11) is 0. The summed E-state index contributed by atoms with van der Waals surface area (Å²) >= 11 is 1.83. The SMILES string of the molecule is c1ccc(-c2ccc3c(n2)c2ccc4sc5ccccc5c4c2n3-c2cc(-c3ccncc3)ccn2)cc1. The van der Waals surface area contributed by atoms with Crippen LogP contribution < -0.4 is 0 Å². The van der Waals surface area contributed by atoms with Crippen LogP contribution >= 0.6 is 11.3 Å². The van der Waals surface area contributed by atoms with Gasteiger partial charge in [-0.2, -0.15) is 0 Å². The Balaban J connectivity index is 1.51. The third-order valence-corrected chi connectivity index (χ3v) is 8.30. The third-order valence-electron chi connectivity index (χ3n) is 7.17. The van der Waals surface area contributed by atoms with Gasteiger partial charge in [0.05, 0.1) is 22.2 Å². The second kappa shape index (κ2) is 8.33. The van der Waals surface area contributed by atoms with Gasteiger partial charge >= 0.3 is 0 Å². The molecule has 5 heterocycles. The molecule has 0 amide bonds. The minimum absolute atomic E-state index is 0.872. The first-order chi connectivity index (χ1) is 18.8. The average Bonchev–Trinajstić information content (AvgIpc) is 3.53. The van der Waals surface area contributed by atoms with Crippen molar-refractivity contribution in [3.05, 3.63) is 122 Å². The van der Waals surface area contributed by atoms with Crippen molar-refractivity contribution in [2.24, 2.45) is 0 Å². The Morgan fingerprint density at radius 1 is 0.605 bits per heavy atom. The summed E-state index contributed by atoms with van der Waals surface area (Å²) in [6.45, 7) is 0. The van der Waals surface area contributed by atoms with Gasteiger partial charge in [-0.25, -0.2) is 9.97 Å². The fourth-order valence-electron chi connectivity index (χ4n) is 5.45.